The summed E-state index contributed by atoms with van der Waals surface area (Å²) >= 11 is 0. The summed E-state index contributed by atoms with van der Waals surface area (Å²) in [4.78, 5) is 44.1. The Morgan fingerprint density at radius 3 is 1.73 bits per heavy atom. The number of hydrogen-bond donors (Lipinski definition) is 0. The summed E-state index contributed by atoms with van der Waals surface area (Å²) in [5, 5.41) is 43.7. The van der Waals surface area contributed by atoms with E-state index in [0.717, 1.165) is 24.3 Å². The number of hydrogen-bond acceptors (Lipinski definition) is 8. The molecule has 0 aromatic heterocycles. The summed E-state index contributed by atoms with van der Waals surface area (Å²) in [6, 6.07) is 3.73. The van der Waals surface area contributed by atoms with E-state index >= 15 is 0 Å². The molecule has 0 aliphatic carbocycles. The van der Waals surface area contributed by atoms with E-state index in [4.69, 9.17) is 0 Å². The van der Waals surface area contributed by atoms with E-state index < -0.39 is 40.6 Å². The van der Waals surface area contributed by atoms with E-state index in [-0.39, 0.29) is 16.3 Å². The average Bonchev–Trinajstić information content (AvgIpc) is 2.43. The van der Waals surface area contributed by atoms with Crippen LogP contribution >= 0.6 is 0 Å². The van der Waals surface area contributed by atoms with Crippen LogP contribution in [-0.4, -0.2) is 23.9 Å². The maximum absolute atomic E-state index is 11.2. The van der Waals surface area contributed by atoms with E-state index in [1.807, 2.05) is 0 Å². The number of carbonyl (C=O) groups is 4. The van der Waals surface area contributed by atoms with Gasteiger partial charge in [0.2, 0.25) is 0 Å². The molecule has 2 rings (SSSR count). The fourth-order valence-electron chi connectivity index (χ4n) is 2.12. The lowest BCUT2D eigenvalue weighted by Gasteiger charge is -2.20. The molecule has 2 aromatic rings. The first-order chi connectivity index (χ1) is 10.2. The monoisotopic (exact) mass is 300 g/mol. The number of rotatable bonds is 4. The quantitative estimate of drug-likeness (QED) is 0.557. The van der Waals surface area contributed by atoms with Crippen molar-refractivity contribution in [3.8, 4) is 0 Å². The van der Waals surface area contributed by atoms with Crippen LogP contribution in [0, 0.1) is 0 Å². The molecule has 0 aliphatic heterocycles. The van der Waals surface area contributed by atoms with E-state index in [1.54, 1.807) is 0 Å². The predicted molar refractivity (Wildman–Crippen MR) is 61.3 cm³/mol. The molecule has 0 saturated heterocycles. The Morgan fingerprint density at radius 1 is 0.682 bits per heavy atom. The van der Waals surface area contributed by atoms with Gasteiger partial charge in [0.25, 0.3) is 0 Å². The summed E-state index contributed by atoms with van der Waals surface area (Å²) in [5.41, 5.74) is -3.33. The molecule has 0 fully saturated rings. The van der Waals surface area contributed by atoms with Crippen LogP contribution in [0.4, 0.5) is 0 Å². The van der Waals surface area contributed by atoms with Gasteiger partial charge in [0.15, 0.2) is 0 Å². The molecule has 112 valence electrons. The first-order valence-corrected chi connectivity index (χ1v) is 5.70. The zero-order valence-corrected chi connectivity index (χ0v) is 10.6. The highest BCUT2D eigenvalue weighted by Gasteiger charge is 2.16. The summed E-state index contributed by atoms with van der Waals surface area (Å²) in [6.07, 6.45) is 0. The Labute approximate surface area is 121 Å². The van der Waals surface area contributed by atoms with Crippen LogP contribution in [0.5, 0.6) is 0 Å². The molecule has 0 atom stereocenters. The third kappa shape index (κ3) is 2.33. The highest BCUT2D eigenvalue weighted by atomic mass is 16.4. The standard InChI is InChI=1S/C14H8O8/c15-11(16)5-1-2-7-6(3-5)4-8(12(17)18)10(14(21)22)9(7)13(19)20/h1-4H,(H,15,16)(H,17,18)(H,19,20)(H,21,22)/p-4. The maximum atomic E-state index is 11.2. The molecule has 8 heteroatoms. The third-order valence-electron chi connectivity index (χ3n) is 3.00. The van der Waals surface area contributed by atoms with Crippen LogP contribution in [0.2, 0.25) is 0 Å². The number of carbonyl (C=O) groups excluding carboxylic acids is 4. The summed E-state index contributed by atoms with van der Waals surface area (Å²) in [5.74, 6) is -7.52. The van der Waals surface area contributed by atoms with E-state index in [2.05, 4.69) is 0 Å². The van der Waals surface area contributed by atoms with Gasteiger partial charge in [0.1, 0.15) is 0 Å². The lowest BCUT2D eigenvalue weighted by Crippen LogP contribution is -2.35. The molecule has 0 heterocycles. The van der Waals surface area contributed by atoms with Crippen LogP contribution in [-0.2, 0) is 0 Å². The van der Waals surface area contributed by atoms with Crippen LogP contribution in [0.1, 0.15) is 41.4 Å². The van der Waals surface area contributed by atoms with Crippen molar-refractivity contribution in [3.63, 3.8) is 0 Å². The van der Waals surface area contributed by atoms with Crippen molar-refractivity contribution >= 4 is 34.6 Å². The molecule has 0 bridgehead atoms. The number of fused-ring (bicyclic) bond motifs is 1. The lowest BCUT2D eigenvalue weighted by atomic mass is 9.93. The number of carboxylic acids is 4. The first-order valence-electron chi connectivity index (χ1n) is 5.70. The third-order valence-corrected chi connectivity index (χ3v) is 3.00. The Hall–Kier alpha value is -3.42. The molecule has 0 radical (unpaired) electrons. The number of benzene rings is 2. The SMILES string of the molecule is O=C([O-])c1ccc2c(C(=O)[O-])c(C(=O)[O-])c(C(=O)[O-])cc2c1. The molecular formula is C14H4O8-4. The van der Waals surface area contributed by atoms with Gasteiger partial charge in [-0.3, -0.25) is 0 Å². The molecule has 22 heavy (non-hydrogen) atoms. The van der Waals surface area contributed by atoms with Crippen molar-refractivity contribution in [2.45, 2.75) is 0 Å². The Morgan fingerprint density at radius 2 is 1.27 bits per heavy atom. The molecule has 2 aromatic carbocycles. The normalized spacial score (nSPS) is 10.4. The van der Waals surface area contributed by atoms with Gasteiger partial charge in [0, 0.05) is 16.7 Å². The van der Waals surface area contributed by atoms with Crippen LogP contribution in [0.3, 0.4) is 0 Å². The van der Waals surface area contributed by atoms with Crippen molar-refractivity contribution in [2.24, 2.45) is 0 Å². The fourth-order valence-corrected chi connectivity index (χ4v) is 2.12. The van der Waals surface area contributed by atoms with Crippen molar-refractivity contribution in [1.29, 1.82) is 0 Å². The Bertz CT molecular complexity index is 850. The molecule has 0 N–H and O–H groups in total. The van der Waals surface area contributed by atoms with Gasteiger partial charge in [-0.2, -0.15) is 0 Å². The second kappa shape index (κ2) is 5.17. The molecular weight excluding hydrogens is 296 g/mol. The zero-order valence-electron chi connectivity index (χ0n) is 10.6. The van der Waals surface area contributed by atoms with Gasteiger partial charge >= 0.3 is 0 Å². The summed E-state index contributed by atoms with van der Waals surface area (Å²) in [6.45, 7) is 0. The van der Waals surface area contributed by atoms with E-state index in [9.17, 15) is 39.6 Å². The molecule has 0 aliphatic rings. The van der Waals surface area contributed by atoms with Gasteiger partial charge in [-0.1, -0.05) is 12.1 Å². The molecule has 0 spiro atoms. The minimum atomic E-state index is -2.04. The number of aromatic carboxylic acids is 4. The Kier molecular flexibility index (Phi) is 3.52. The molecule has 0 saturated carbocycles. The molecule has 0 unspecified atom stereocenters. The van der Waals surface area contributed by atoms with Gasteiger partial charge < -0.3 is 39.6 Å². The van der Waals surface area contributed by atoms with Gasteiger partial charge in [-0.25, -0.2) is 0 Å². The minimum Gasteiger partial charge on any atom is -0.545 e. The van der Waals surface area contributed by atoms with Gasteiger partial charge in [-0.05, 0) is 28.5 Å². The van der Waals surface area contributed by atoms with E-state index in [1.165, 1.54) is 0 Å². The van der Waals surface area contributed by atoms with Gasteiger partial charge in [-0.15, -0.1) is 0 Å². The second-order valence-electron chi connectivity index (χ2n) is 4.26. The minimum absolute atomic E-state index is 0.134. The highest BCUT2D eigenvalue weighted by Crippen LogP contribution is 2.26. The van der Waals surface area contributed by atoms with Crippen molar-refractivity contribution in [2.75, 3.05) is 0 Å². The zero-order chi connectivity index (χ0) is 16.6. The average molecular weight is 300 g/mol. The topological polar surface area (TPSA) is 161 Å². The smallest absolute Gasteiger partial charge is 0.0728 e. The fraction of sp³-hybridized carbons (Fsp3) is 0. The second-order valence-corrected chi connectivity index (χ2v) is 4.26. The Balaban J connectivity index is 3.02. The first kappa shape index (κ1) is 15.0. The largest absolute Gasteiger partial charge is 0.545 e. The molecule has 8 nitrogen and oxygen atoms in total. The van der Waals surface area contributed by atoms with Crippen molar-refractivity contribution < 1.29 is 39.6 Å². The number of carboxylic acid groups (broad SMARTS) is 4. The highest BCUT2D eigenvalue weighted by molar-refractivity contribution is 6.16. The predicted octanol–water partition coefficient (Wildman–Crippen LogP) is -3.71. The van der Waals surface area contributed by atoms with Crippen molar-refractivity contribution in [1.82, 2.24) is 0 Å². The van der Waals surface area contributed by atoms with Crippen LogP contribution in [0.15, 0.2) is 24.3 Å². The summed E-state index contributed by atoms with van der Waals surface area (Å²) < 4.78 is 0. The summed E-state index contributed by atoms with van der Waals surface area (Å²) in [7, 11) is 0. The van der Waals surface area contributed by atoms with Crippen LogP contribution < -0.4 is 20.4 Å². The van der Waals surface area contributed by atoms with Gasteiger partial charge in [0.05, 0.1) is 23.9 Å². The van der Waals surface area contributed by atoms with E-state index in [0.29, 0.717) is 0 Å². The van der Waals surface area contributed by atoms with Crippen LogP contribution in [0.25, 0.3) is 10.8 Å². The maximum Gasteiger partial charge on any atom is 0.0728 e. The molecule has 0 amide bonds. The van der Waals surface area contributed by atoms with Crippen molar-refractivity contribution in [3.05, 3.63) is 46.5 Å². The lowest BCUT2D eigenvalue weighted by molar-refractivity contribution is -0.261.